The van der Waals surface area contributed by atoms with Crippen LogP contribution in [-0.2, 0) is 21.2 Å². The van der Waals surface area contributed by atoms with Crippen LogP contribution >= 0.6 is 0 Å². The molecule has 6 nitrogen and oxygen atoms in total. The number of nitriles is 1. The lowest BCUT2D eigenvalue weighted by molar-refractivity contribution is -0.120. The second kappa shape index (κ2) is 7.03. The minimum absolute atomic E-state index is 0.0442. The maximum absolute atomic E-state index is 11.9. The van der Waals surface area contributed by atoms with Gasteiger partial charge >= 0.3 is 0 Å². The molecule has 0 bridgehead atoms. The minimum Gasteiger partial charge on any atom is -0.353 e. The van der Waals surface area contributed by atoms with E-state index in [2.05, 4.69) is 10.0 Å². The third-order valence-electron chi connectivity index (χ3n) is 2.39. The highest BCUT2D eigenvalue weighted by molar-refractivity contribution is 7.89. The zero-order chi connectivity index (χ0) is 15.2. The number of carbonyl (C=O) groups excluding carboxylic acids is 1. The first-order valence-corrected chi connectivity index (χ1v) is 7.58. The molecular weight excluding hydrogens is 278 g/mol. The number of hydrogen-bond acceptors (Lipinski definition) is 4. The summed E-state index contributed by atoms with van der Waals surface area (Å²) in [5, 5.41) is 11.1. The molecule has 108 valence electrons. The monoisotopic (exact) mass is 295 g/mol. The summed E-state index contributed by atoms with van der Waals surface area (Å²) in [5.41, 5.74) is 0.740. The van der Waals surface area contributed by atoms with Crippen LogP contribution < -0.4 is 10.0 Å². The average molecular weight is 295 g/mol. The van der Waals surface area contributed by atoms with Gasteiger partial charge in [-0.05, 0) is 31.5 Å². The molecule has 0 heterocycles. The maximum Gasteiger partial charge on any atom is 0.241 e. The molecule has 1 aromatic carbocycles. The fourth-order valence-electron chi connectivity index (χ4n) is 1.49. The molecule has 0 spiro atoms. The highest BCUT2D eigenvalue weighted by Gasteiger charge is 2.15. The summed E-state index contributed by atoms with van der Waals surface area (Å²) >= 11 is 0. The number of sulfonamides is 1. The van der Waals surface area contributed by atoms with Crippen molar-refractivity contribution in [2.45, 2.75) is 31.2 Å². The minimum atomic E-state index is -3.72. The Kier molecular flexibility index (Phi) is 5.67. The van der Waals surface area contributed by atoms with E-state index in [1.54, 1.807) is 26.0 Å². The van der Waals surface area contributed by atoms with Crippen molar-refractivity contribution < 1.29 is 13.2 Å². The van der Waals surface area contributed by atoms with Crippen molar-refractivity contribution in [3.8, 4) is 6.07 Å². The Morgan fingerprint density at radius 3 is 2.40 bits per heavy atom. The summed E-state index contributed by atoms with van der Waals surface area (Å²) < 4.78 is 26.1. The molecule has 0 saturated heterocycles. The van der Waals surface area contributed by atoms with Crippen molar-refractivity contribution in [1.82, 2.24) is 10.0 Å². The number of amides is 1. The van der Waals surface area contributed by atoms with Gasteiger partial charge in [0.2, 0.25) is 15.9 Å². The van der Waals surface area contributed by atoms with Crippen LogP contribution in [0, 0.1) is 11.3 Å². The van der Waals surface area contributed by atoms with Gasteiger partial charge in [-0.1, -0.05) is 12.1 Å². The van der Waals surface area contributed by atoms with E-state index in [4.69, 9.17) is 5.26 Å². The Morgan fingerprint density at radius 1 is 1.30 bits per heavy atom. The molecule has 0 aromatic heterocycles. The lowest BCUT2D eigenvalue weighted by Gasteiger charge is -2.10. The Morgan fingerprint density at radius 2 is 1.90 bits per heavy atom. The van der Waals surface area contributed by atoms with Crippen LogP contribution in [0.1, 0.15) is 19.4 Å². The van der Waals surface area contributed by atoms with E-state index in [-0.39, 0.29) is 29.8 Å². The highest BCUT2D eigenvalue weighted by atomic mass is 32.2. The smallest absolute Gasteiger partial charge is 0.241 e. The standard InChI is InChI=1S/C13H17N3O3S/c1-10(2)16-13(17)9-15-20(18,19)12-5-3-11(4-6-12)7-8-14/h3-6,10,15H,7,9H2,1-2H3,(H,16,17). The quantitative estimate of drug-likeness (QED) is 0.800. The average Bonchev–Trinajstić information content (AvgIpc) is 2.37. The van der Waals surface area contributed by atoms with Gasteiger partial charge in [0, 0.05) is 6.04 Å². The topological polar surface area (TPSA) is 99.1 Å². The van der Waals surface area contributed by atoms with Crippen LogP contribution in [0.5, 0.6) is 0 Å². The molecule has 20 heavy (non-hydrogen) atoms. The summed E-state index contributed by atoms with van der Waals surface area (Å²) in [5.74, 6) is -0.385. The van der Waals surface area contributed by atoms with Crippen LogP contribution in [0.2, 0.25) is 0 Å². The van der Waals surface area contributed by atoms with Gasteiger partial charge in [-0.25, -0.2) is 13.1 Å². The van der Waals surface area contributed by atoms with Gasteiger partial charge in [-0.15, -0.1) is 0 Å². The fraction of sp³-hybridized carbons (Fsp3) is 0.385. The Balaban J connectivity index is 2.69. The largest absolute Gasteiger partial charge is 0.353 e. The fourth-order valence-corrected chi connectivity index (χ4v) is 2.48. The van der Waals surface area contributed by atoms with Crippen LogP contribution in [0.25, 0.3) is 0 Å². The first kappa shape index (κ1) is 16.1. The van der Waals surface area contributed by atoms with E-state index in [0.29, 0.717) is 0 Å². The van der Waals surface area contributed by atoms with Crippen molar-refractivity contribution in [2.75, 3.05) is 6.54 Å². The number of rotatable bonds is 6. The first-order valence-electron chi connectivity index (χ1n) is 6.10. The van der Waals surface area contributed by atoms with Crippen molar-refractivity contribution in [3.63, 3.8) is 0 Å². The lowest BCUT2D eigenvalue weighted by Crippen LogP contribution is -2.39. The van der Waals surface area contributed by atoms with Crippen molar-refractivity contribution in [1.29, 1.82) is 5.26 Å². The summed E-state index contributed by atoms with van der Waals surface area (Å²) in [6.07, 6.45) is 0.227. The molecule has 0 saturated carbocycles. The van der Waals surface area contributed by atoms with Crippen molar-refractivity contribution in [2.24, 2.45) is 0 Å². The normalized spacial score (nSPS) is 11.1. The summed E-state index contributed by atoms with van der Waals surface area (Å²) in [6.45, 7) is 3.28. The second-order valence-electron chi connectivity index (χ2n) is 4.53. The molecule has 0 atom stereocenters. The van der Waals surface area contributed by atoms with Crippen LogP contribution in [0.15, 0.2) is 29.2 Å². The number of carbonyl (C=O) groups is 1. The van der Waals surface area contributed by atoms with E-state index in [1.807, 2.05) is 6.07 Å². The van der Waals surface area contributed by atoms with E-state index >= 15 is 0 Å². The summed E-state index contributed by atoms with van der Waals surface area (Å²) in [7, 11) is -3.72. The third-order valence-corrected chi connectivity index (χ3v) is 3.81. The van der Waals surface area contributed by atoms with E-state index in [9.17, 15) is 13.2 Å². The summed E-state index contributed by atoms with van der Waals surface area (Å²) in [6, 6.07) is 7.91. The second-order valence-corrected chi connectivity index (χ2v) is 6.29. The van der Waals surface area contributed by atoms with Crippen LogP contribution in [0.3, 0.4) is 0 Å². The first-order chi connectivity index (χ1) is 9.35. The van der Waals surface area contributed by atoms with Gasteiger partial charge in [0.1, 0.15) is 0 Å². The molecule has 7 heteroatoms. The summed E-state index contributed by atoms with van der Waals surface area (Å²) in [4.78, 5) is 11.5. The third kappa shape index (κ3) is 4.99. The molecule has 2 N–H and O–H groups in total. The number of benzene rings is 1. The van der Waals surface area contributed by atoms with Crippen LogP contribution in [-0.4, -0.2) is 26.9 Å². The Hall–Kier alpha value is -1.91. The Labute approximate surface area is 118 Å². The lowest BCUT2D eigenvalue weighted by atomic mass is 10.2. The van der Waals surface area contributed by atoms with Crippen molar-refractivity contribution >= 4 is 15.9 Å². The van der Waals surface area contributed by atoms with Crippen LogP contribution in [0.4, 0.5) is 0 Å². The highest BCUT2D eigenvalue weighted by Crippen LogP contribution is 2.10. The molecule has 0 unspecified atom stereocenters. The van der Waals surface area contributed by atoms with Gasteiger partial charge < -0.3 is 5.32 Å². The van der Waals surface area contributed by atoms with E-state index < -0.39 is 10.0 Å². The van der Waals surface area contributed by atoms with Gasteiger partial charge in [0.25, 0.3) is 0 Å². The molecular formula is C13H17N3O3S. The van der Waals surface area contributed by atoms with E-state index in [0.717, 1.165) is 5.56 Å². The molecule has 0 aliphatic heterocycles. The predicted octanol–water partition coefficient (Wildman–Crippen LogP) is 0.556. The van der Waals surface area contributed by atoms with Gasteiger partial charge in [-0.2, -0.15) is 5.26 Å². The van der Waals surface area contributed by atoms with Gasteiger partial charge in [0.05, 0.1) is 23.9 Å². The molecule has 0 aliphatic rings. The zero-order valence-electron chi connectivity index (χ0n) is 11.4. The number of hydrogen-bond donors (Lipinski definition) is 2. The van der Waals surface area contributed by atoms with Gasteiger partial charge in [0.15, 0.2) is 0 Å². The van der Waals surface area contributed by atoms with Gasteiger partial charge in [-0.3, -0.25) is 4.79 Å². The predicted molar refractivity (Wildman–Crippen MR) is 74.2 cm³/mol. The van der Waals surface area contributed by atoms with Crippen molar-refractivity contribution in [3.05, 3.63) is 29.8 Å². The molecule has 0 fully saturated rings. The maximum atomic E-state index is 11.9. The Bertz CT molecular complexity index is 601. The molecule has 1 aromatic rings. The number of nitrogens with one attached hydrogen (secondary N) is 2. The zero-order valence-corrected chi connectivity index (χ0v) is 12.2. The molecule has 1 amide bonds. The molecule has 0 radical (unpaired) electrons. The molecule has 0 aliphatic carbocycles. The van der Waals surface area contributed by atoms with E-state index in [1.165, 1.54) is 12.1 Å². The molecule has 1 rings (SSSR count). The SMILES string of the molecule is CC(C)NC(=O)CNS(=O)(=O)c1ccc(CC#N)cc1. The number of nitrogens with zero attached hydrogens (tertiary/aromatic N) is 1.